The highest BCUT2D eigenvalue weighted by Gasteiger charge is 2.48. The summed E-state index contributed by atoms with van der Waals surface area (Å²) in [5.41, 5.74) is 27.7. The minimum absolute atomic E-state index is 0.00913. The molecule has 74 heavy (non-hydrogen) atoms. The molecule has 2 aliphatic carbocycles. The molecule has 372 valence electrons. The highest BCUT2D eigenvalue weighted by atomic mass is 15.2. The SMILES string of the molecule is CC(C)(C)c1ccc(N2c3cc4c(cc3B3c5cc(-c6ccccc6)ccc5N(c5ccc(-c6ccccc6)cc5)c5cc(C(C)(C)C)cc2c53)C(C)(C)CCC4(C)C)c(-c2ccc3c(c2)C(C)(C)CC3(C)C)c1. The molecule has 2 heterocycles. The number of fused-ring (bicyclic) bond motifs is 6. The lowest BCUT2D eigenvalue weighted by Gasteiger charge is -2.48. The highest BCUT2D eigenvalue weighted by Crippen LogP contribution is 2.55. The first-order valence-electron chi connectivity index (χ1n) is 27.5. The summed E-state index contributed by atoms with van der Waals surface area (Å²) in [5, 5.41) is 0. The van der Waals surface area contributed by atoms with Crippen molar-refractivity contribution in [1.29, 1.82) is 0 Å². The third-order valence-corrected chi connectivity index (χ3v) is 18.0. The van der Waals surface area contributed by atoms with E-state index in [4.69, 9.17) is 0 Å². The van der Waals surface area contributed by atoms with Gasteiger partial charge in [-0.1, -0.05) is 212 Å². The van der Waals surface area contributed by atoms with Crippen molar-refractivity contribution >= 4 is 57.2 Å². The van der Waals surface area contributed by atoms with Crippen LogP contribution in [0.5, 0.6) is 0 Å². The minimum Gasteiger partial charge on any atom is -0.311 e. The van der Waals surface area contributed by atoms with Crippen LogP contribution in [0.2, 0.25) is 0 Å². The van der Waals surface area contributed by atoms with Crippen LogP contribution in [0.15, 0.2) is 164 Å². The van der Waals surface area contributed by atoms with Gasteiger partial charge in [0.05, 0.1) is 5.69 Å². The fourth-order valence-electron chi connectivity index (χ4n) is 13.9. The van der Waals surface area contributed by atoms with E-state index in [9.17, 15) is 0 Å². The number of rotatable bonds is 5. The summed E-state index contributed by atoms with van der Waals surface area (Å²) >= 11 is 0. The van der Waals surface area contributed by atoms with Crippen molar-refractivity contribution in [3.63, 3.8) is 0 Å². The number of hydrogen-bond donors (Lipinski definition) is 0. The summed E-state index contributed by atoms with van der Waals surface area (Å²) in [6.45, 7) is 34.0. The standard InChI is InChI=1S/C71H75BN2/c1-66(2,3)50-29-34-60(53(39-50)49-27-32-54-55(37-49)71(13,14)44-70(54,11)12)74-62-43-57-56(68(7,8)35-36-69(57,9)10)42-59(62)72-58-38-48(46-23-19-16-20-24-46)28-33-61(58)73(63-40-51(67(4,5)6)41-64(74)65(63)72)52-30-25-47(26-31-52)45-21-17-15-18-22-45/h15-34,37-43H,35-36,44H2,1-14H3. The summed E-state index contributed by atoms with van der Waals surface area (Å²) in [6, 6.07) is 63.9. The molecule has 3 heteroatoms. The highest BCUT2D eigenvalue weighted by molar-refractivity contribution is 7.00. The molecule has 8 aromatic carbocycles. The van der Waals surface area contributed by atoms with E-state index in [2.05, 4.69) is 271 Å². The van der Waals surface area contributed by atoms with Crippen molar-refractivity contribution in [3.05, 3.63) is 197 Å². The normalized spacial score (nSPS) is 17.5. The van der Waals surface area contributed by atoms with Gasteiger partial charge >= 0.3 is 0 Å². The van der Waals surface area contributed by atoms with Crippen LogP contribution in [0.4, 0.5) is 34.1 Å². The van der Waals surface area contributed by atoms with Crippen molar-refractivity contribution in [3.8, 4) is 33.4 Å². The molecular weight excluding hydrogens is 892 g/mol. The average Bonchev–Trinajstić information content (AvgIpc) is 3.56. The molecule has 4 aliphatic rings. The van der Waals surface area contributed by atoms with E-state index >= 15 is 0 Å². The van der Waals surface area contributed by atoms with Gasteiger partial charge in [-0.05, 0) is 178 Å². The molecule has 0 unspecified atom stereocenters. The number of anilines is 6. The Hall–Kier alpha value is -6.58. The van der Waals surface area contributed by atoms with E-state index in [-0.39, 0.29) is 39.2 Å². The molecule has 0 radical (unpaired) electrons. The Labute approximate surface area is 444 Å². The quantitative estimate of drug-likeness (QED) is 0.159. The molecule has 8 aromatic rings. The smallest absolute Gasteiger partial charge is 0.252 e. The van der Waals surface area contributed by atoms with E-state index in [1.807, 2.05) is 0 Å². The third kappa shape index (κ3) is 7.73. The molecule has 0 saturated carbocycles. The van der Waals surface area contributed by atoms with Gasteiger partial charge in [0.25, 0.3) is 6.71 Å². The maximum absolute atomic E-state index is 2.74. The number of benzene rings is 8. The fourth-order valence-corrected chi connectivity index (χ4v) is 13.9. The van der Waals surface area contributed by atoms with Crippen LogP contribution >= 0.6 is 0 Å². The summed E-state index contributed by atoms with van der Waals surface area (Å²) < 4.78 is 0. The van der Waals surface area contributed by atoms with E-state index in [0.29, 0.717) is 0 Å². The Balaban J connectivity index is 1.21. The number of nitrogens with zero attached hydrogens (tertiary/aromatic N) is 2. The first-order chi connectivity index (χ1) is 34.9. The van der Waals surface area contributed by atoms with Crippen LogP contribution in [-0.2, 0) is 32.5 Å². The summed E-state index contributed by atoms with van der Waals surface area (Å²) in [5.74, 6) is 0. The second-order valence-electron chi connectivity index (χ2n) is 27.2. The Bertz CT molecular complexity index is 3540. The molecule has 2 nitrogen and oxygen atoms in total. The van der Waals surface area contributed by atoms with Crippen molar-refractivity contribution < 1.29 is 0 Å². The van der Waals surface area contributed by atoms with Gasteiger partial charge in [-0.25, -0.2) is 0 Å². The van der Waals surface area contributed by atoms with Crippen molar-refractivity contribution in [2.24, 2.45) is 0 Å². The predicted molar refractivity (Wildman–Crippen MR) is 320 cm³/mol. The molecule has 12 rings (SSSR count). The Kier molecular flexibility index (Phi) is 10.8. The zero-order valence-corrected chi connectivity index (χ0v) is 46.7. The van der Waals surface area contributed by atoms with Crippen LogP contribution < -0.4 is 26.2 Å². The topological polar surface area (TPSA) is 6.48 Å². The fraction of sp³-hybridized carbons (Fsp3) is 0.324. The minimum atomic E-state index is -0.146. The van der Waals surface area contributed by atoms with E-state index < -0.39 is 0 Å². The van der Waals surface area contributed by atoms with Gasteiger partial charge in [0.15, 0.2) is 0 Å². The van der Waals surface area contributed by atoms with E-state index in [1.165, 1.54) is 112 Å². The maximum atomic E-state index is 2.74. The van der Waals surface area contributed by atoms with Crippen LogP contribution in [0, 0.1) is 0 Å². The maximum Gasteiger partial charge on any atom is 0.252 e. The van der Waals surface area contributed by atoms with Crippen LogP contribution in [0.3, 0.4) is 0 Å². The molecule has 0 fully saturated rings. The van der Waals surface area contributed by atoms with Gasteiger partial charge in [-0.15, -0.1) is 0 Å². The summed E-state index contributed by atoms with van der Waals surface area (Å²) in [6.07, 6.45) is 3.44. The predicted octanol–water partition coefficient (Wildman–Crippen LogP) is 17.7. The molecule has 0 aromatic heterocycles. The van der Waals surface area contributed by atoms with Crippen molar-refractivity contribution in [1.82, 2.24) is 0 Å². The zero-order valence-electron chi connectivity index (χ0n) is 46.7. The van der Waals surface area contributed by atoms with E-state index in [0.717, 1.165) is 24.9 Å². The second-order valence-corrected chi connectivity index (χ2v) is 27.2. The number of hydrogen-bond acceptors (Lipinski definition) is 2. The second kappa shape index (κ2) is 16.5. The largest absolute Gasteiger partial charge is 0.311 e. The molecule has 0 N–H and O–H groups in total. The van der Waals surface area contributed by atoms with Crippen molar-refractivity contribution in [2.75, 3.05) is 9.80 Å². The van der Waals surface area contributed by atoms with Crippen molar-refractivity contribution in [2.45, 2.75) is 149 Å². The van der Waals surface area contributed by atoms with Crippen LogP contribution in [0.25, 0.3) is 33.4 Å². The van der Waals surface area contributed by atoms with Crippen LogP contribution in [-0.4, -0.2) is 6.71 Å². The molecule has 0 saturated heterocycles. The Morgan fingerprint density at radius 1 is 0.365 bits per heavy atom. The van der Waals surface area contributed by atoms with Gasteiger partial charge < -0.3 is 9.80 Å². The Morgan fingerprint density at radius 3 is 1.49 bits per heavy atom. The Morgan fingerprint density at radius 2 is 0.865 bits per heavy atom. The third-order valence-electron chi connectivity index (χ3n) is 18.0. The first-order valence-corrected chi connectivity index (χ1v) is 27.5. The van der Waals surface area contributed by atoms with Crippen LogP contribution in [0.1, 0.15) is 150 Å². The first kappa shape index (κ1) is 48.4. The monoisotopic (exact) mass is 967 g/mol. The molecular formula is C71H75BN2. The average molecular weight is 967 g/mol. The molecule has 0 amide bonds. The molecule has 0 atom stereocenters. The lowest BCUT2D eigenvalue weighted by Crippen LogP contribution is -2.62. The summed E-state index contributed by atoms with van der Waals surface area (Å²) in [7, 11) is 0. The van der Waals surface area contributed by atoms with Gasteiger partial charge in [0.2, 0.25) is 0 Å². The molecule has 0 spiro atoms. The zero-order chi connectivity index (χ0) is 52.1. The lowest BCUT2D eigenvalue weighted by molar-refractivity contribution is 0.332. The van der Waals surface area contributed by atoms with Gasteiger partial charge in [0.1, 0.15) is 0 Å². The molecule has 0 bridgehead atoms. The molecule has 2 aliphatic heterocycles. The van der Waals surface area contributed by atoms with E-state index in [1.54, 1.807) is 0 Å². The van der Waals surface area contributed by atoms with Gasteiger partial charge in [0, 0.05) is 34.0 Å². The van der Waals surface area contributed by atoms with Gasteiger partial charge in [-0.3, -0.25) is 0 Å². The van der Waals surface area contributed by atoms with Gasteiger partial charge in [-0.2, -0.15) is 0 Å². The lowest BCUT2D eigenvalue weighted by atomic mass is 9.33. The summed E-state index contributed by atoms with van der Waals surface area (Å²) in [4.78, 5) is 5.34.